The smallest absolute Gasteiger partial charge is 0.326 e. The fraction of sp³-hybridized carbons (Fsp3) is 0.333. The van der Waals surface area contributed by atoms with Crippen molar-refractivity contribution < 1.29 is 32.3 Å². The second kappa shape index (κ2) is 6.88. The summed E-state index contributed by atoms with van der Waals surface area (Å²) >= 11 is 0. The molecule has 1 aromatic rings. The van der Waals surface area contributed by atoms with Gasteiger partial charge >= 0.3 is 5.97 Å². The highest BCUT2D eigenvalue weighted by atomic mass is 19.3. The number of hydrogen-bond acceptors (Lipinski definition) is 2. The molecule has 2 N–H and O–H groups in total. The third-order valence-corrected chi connectivity index (χ3v) is 2.42. The van der Waals surface area contributed by atoms with Crippen LogP contribution in [0.25, 0.3) is 0 Å². The van der Waals surface area contributed by atoms with Crippen molar-refractivity contribution in [2.24, 2.45) is 0 Å². The number of alkyl halides is 4. The average molecular weight is 293 g/mol. The second-order valence-corrected chi connectivity index (χ2v) is 3.92. The minimum Gasteiger partial charge on any atom is -0.480 e. The molecule has 0 fully saturated rings. The van der Waals surface area contributed by atoms with Crippen LogP contribution in [0.4, 0.5) is 17.6 Å². The van der Waals surface area contributed by atoms with Crippen LogP contribution in [-0.2, 0) is 4.79 Å². The largest absolute Gasteiger partial charge is 0.480 e. The standard InChI is InChI=1S/C12H11F4NO3/c13-9(14)5-8(12(19)20)17-11(18)7-3-1-2-6(4-7)10(15)16/h1-4,8-10H,5H2,(H,17,18)(H,19,20). The second-order valence-electron chi connectivity index (χ2n) is 3.92. The maximum absolute atomic E-state index is 12.4. The third kappa shape index (κ3) is 4.52. The van der Waals surface area contributed by atoms with Crippen molar-refractivity contribution in [2.75, 3.05) is 0 Å². The molecule has 0 aromatic heterocycles. The average Bonchev–Trinajstić information content (AvgIpc) is 2.37. The number of benzene rings is 1. The summed E-state index contributed by atoms with van der Waals surface area (Å²) in [4.78, 5) is 22.4. The number of halogens is 4. The number of carboxylic acids is 1. The molecule has 8 heteroatoms. The zero-order valence-corrected chi connectivity index (χ0v) is 10.0. The number of carbonyl (C=O) groups is 2. The van der Waals surface area contributed by atoms with E-state index in [2.05, 4.69) is 0 Å². The first-order chi connectivity index (χ1) is 9.31. The highest BCUT2D eigenvalue weighted by molar-refractivity contribution is 5.96. The Kier molecular flexibility index (Phi) is 5.48. The maximum Gasteiger partial charge on any atom is 0.326 e. The fourth-order valence-electron chi connectivity index (χ4n) is 1.46. The first-order valence-electron chi connectivity index (χ1n) is 5.51. The lowest BCUT2D eigenvalue weighted by Crippen LogP contribution is -2.42. The van der Waals surface area contributed by atoms with E-state index in [1.54, 1.807) is 0 Å². The van der Waals surface area contributed by atoms with Gasteiger partial charge < -0.3 is 10.4 Å². The van der Waals surface area contributed by atoms with Crippen molar-refractivity contribution in [1.29, 1.82) is 0 Å². The quantitative estimate of drug-likeness (QED) is 0.792. The molecule has 110 valence electrons. The van der Waals surface area contributed by atoms with Crippen molar-refractivity contribution in [2.45, 2.75) is 25.3 Å². The van der Waals surface area contributed by atoms with Gasteiger partial charge in [-0.05, 0) is 12.1 Å². The van der Waals surface area contributed by atoms with E-state index in [1.807, 2.05) is 5.32 Å². The van der Waals surface area contributed by atoms with E-state index < -0.39 is 42.8 Å². The Bertz CT molecular complexity index is 493. The molecule has 0 saturated carbocycles. The van der Waals surface area contributed by atoms with Gasteiger partial charge in [0.1, 0.15) is 6.04 Å². The number of nitrogens with one attached hydrogen (secondary N) is 1. The van der Waals surface area contributed by atoms with Crippen LogP contribution < -0.4 is 5.32 Å². The Morgan fingerprint density at radius 3 is 2.35 bits per heavy atom. The van der Waals surface area contributed by atoms with Gasteiger partial charge in [-0.3, -0.25) is 4.79 Å². The lowest BCUT2D eigenvalue weighted by molar-refractivity contribution is -0.140. The number of carboxylic acid groups (broad SMARTS) is 1. The first-order valence-corrected chi connectivity index (χ1v) is 5.51. The summed E-state index contributed by atoms with van der Waals surface area (Å²) in [6.45, 7) is 0. The maximum atomic E-state index is 12.4. The number of carbonyl (C=O) groups excluding carboxylic acids is 1. The molecule has 0 bridgehead atoms. The summed E-state index contributed by atoms with van der Waals surface area (Å²) in [5.41, 5.74) is -0.637. The molecule has 1 aromatic carbocycles. The number of hydrogen-bond donors (Lipinski definition) is 2. The number of rotatable bonds is 6. The van der Waals surface area contributed by atoms with Gasteiger partial charge in [0.25, 0.3) is 12.3 Å². The van der Waals surface area contributed by atoms with Crippen LogP contribution in [0.5, 0.6) is 0 Å². The fourth-order valence-corrected chi connectivity index (χ4v) is 1.46. The summed E-state index contributed by atoms with van der Waals surface area (Å²) < 4.78 is 49.2. The zero-order chi connectivity index (χ0) is 15.3. The normalized spacial score (nSPS) is 12.5. The summed E-state index contributed by atoms with van der Waals surface area (Å²) in [6, 6.07) is 2.57. The van der Waals surface area contributed by atoms with Crippen molar-refractivity contribution in [1.82, 2.24) is 5.32 Å². The molecule has 0 aliphatic carbocycles. The van der Waals surface area contributed by atoms with Gasteiger partial charge in [-0.1, -0.05) is 12.1 Å². The molecule has 0 heterocycles. The summed E-state index contributed by atoms with van der Waals surface area (Å²) in [5.74, 6) is -2.62. The summed E-state index contributed by atoms with van der Waals surface area (Å²) in [5, 5.41) is 10.6. The van der Waals surface area contributed by atoms with E-state index in [0.717, 1.165) is 12.1 Å². The lowest BCUT2D eigenvalue weighted by Gasteiger charge is -2.14. The Balaban J connectivity index is 2.83. The van der Waals surface area contributed by atoms with E-state index in [-0.39, 0.29) is 5.56 Å². The first kappa shape index (κ1) is 15.9. The van der Waals surface area contributed by atoms with Crippen LogP contribution >= 0.6 is 0 Å². The van der Waals surface area contributed by atoms with E-state index in [9.17, 15) is 27.2 Å². The summed E-state index contributed by atoms with van der Waals surface area (Å²) in [7, 11) is 0. The molecular formula is C12H11F4NO3. The zero-order valence-electron chi connectivity index (χ0n) is 10.0. The Hall–Kier alpha value is -2.12. The predicted octanol–water partition coefficient (Wildman–Crippen LogP) is 2.46. The highest BCUT2D eigenvalue weighted by Crippen LogP contribution is 2.19. The Morgan fingerprint density at radius 2 is 1.85 bits per heavy atom. The van der Waals surface area contributed by atoms with Gasteiger partial charge in [0.15, 0.2) is 0 Å². The molecule has 0 radical (unpaired) electrons. The third-order valence-electron chi connectivity index (χ3n) is 2.42. The van der Waals surface area contributed by atoms with E-state index >= 15 is 0 Å². The molecule has 1 rings (SSSR count). The topological polar surface area (TPSA) is 66.4 Å². The monoisotopic (exact) mass is 293 g/mol. The molecule has 1 atom stereocenters. The predicted molar refractivity (Wildman–Crippen MR) is 60.9 cm³/mol. The van der Waals surface area contributed by atoms with Crippen molar-refractivity contribution in [3.8, 4) is 0 Å². The van der Waals surface area contributed by atoms with Crippen LogP contribution in [-0.4, -0.2) is 29.5 Å². The van der Waals surface area contributed by atoms with E-state index in [0.29, 0.717) is 0 Å². The SMILES string of the molecule is O=C(NC(CC(F)F)C(=O)O)c1cccc(C(F)F)c1. The molecular weight excluding hydrogens is 282 g/mol. The number of aliphatic carboxylic acids is 1. The van der Waals surface area contributed by atoms with Crippen LogP contribution in [0.1, 0.15) is 28.8 Å². The van der Waals surface area contributed by atoms with Crippen LogP contribution in [0.2, 0.25) is 0 Å². The van der Waals surface area contributed by atoms with Crippen molar-refractivity contribution in [3.05, 3.63) is 35.4 Å². The van der Waals surface area contributed by atoms with Gasteiger partial charge in [0, 0.05) is 17.5 Å². The highest BCUT2D eigenvalue weighted by Gasteiger charge is 2.24. The molecule has 0 spiro atoms. The van der Waals surface area contributed by atoms with E-state index in [1.165, 1.54) is 12.1 Å². The van der Waals surface area contributed by atoms with Gasteiger partial charge in [-0.25, -0.2) is 22.4 Å². The van der Waals surface area contributed by atoms with Gasteiger partial charge in [-0.15, -0.1) is 0 Å². The van der Waals surface area contributed by atoms with Crippen molar-refractivity contribution in [3.63, 3.8) is 0 Å². The van der Waals surface area contributed by atoms with Crippen molar-refractivity contribution >= 4 is 11.9 Å². The molecule has 1 unspecified atom stereocenters. The van der Waals surface area contributed by atoms with E-state index in [4.69, 9.17) is 5.11 Å². The Morgan fingerprint density at radius 1 is 1.20 bits per heavy atom. The minimum absolute atomic E-state index is 0.219. The number of amides is 1. The molecule has 0 aliphatic heterocycles. The minimum atomic E-state index is -2.91. The van der Waals surface area contributed by atoms with Crippen LogP contribution in [0, 0.1) is 0 Å². The van der Waals surface area contributed by atoms with Gasteiger partial charge in [-0.2, -0.15) is 0 Å². The molecule has 4 nitrogen and oxygen atoms in total. The molecule has 0 saturated heterocycles. The Labute approximate surface area is 111 Å². The summed E-state index contributed by atoms with van der Waals surface area (Å²) in [6.07, 6.45) is -6.77. The van der Waals surface area contributed by atoms with Gasteiger partial charge in [0.2, 0.25) is 6.43 Å². The molecule has 0 aliphatic rings. The van der Waals surface area contributed by atoms with Gasteiger partial charge in [0.05, 0.1) is 0 Å². The van der Waals surface area contributed by atoms with Crippen LogP contribution in [0.15, 0.2) is 24.3 Å². The molecule has 20 heavy (non-hydrogen) atoms. The lowest BCUT2D eigenvalue weighted by atomic mass is 10.1. The molecule has 1 amide bonds. The van der Waals surface area contributed by atoms with Crippen LogP contribution in [0.3, 0.4) is 0 Å².